The molecule has 0 heterocycles. The van der Waals surface area contributed by atoms with Crippen LogP contribution in [-0.2, 0) is 25.7 Å². The zero-order valence-electron chi connectivity index (χ0n) is 10.9. The average molecular weight is 329 g/mol. The third-order valence-electron chi connectivity index (χ3n) is 2.53. The van der Waals surface area contributed by atoms with Crippen LogP contribution >= 0.6 is 15.9 Å². The molecule has 1 aromatic carbocycles. The van der Waals surface area contributed by atoms with Crippen molar-refractivity contribution >= 4 is 27.9 Å². The fourth-order valence-corrected chi connectivity index (χ4v) is 1.95. The molecule has 4 nitrogen and oxygen atoms in total. The summed E-state index contributed by atoms with van der Waals surface area (Å²) in [6, 6.07) is 7.61. The summed E-state index contributed by atoms with van der Waals surface area (Å²) in [7, 11) is 1.36. The van der Waals surface area contributed by atoms with Crippen LogP contribution in [0.1, 0.15) is 31.2 Å². The number of hydrogen-bond donors (Lipinski definition) is 0. The van der Waals surface area contributed by atoms with E-state index in [1.165, 1.54) is 7.11 Å². The van der Waals surface area contributed by atoms with Crippen molar-refractivity contribution in [2.24, 2.45) is 0 Å². The van der Waals surface area contributed by atoms with E-state index in [1.54, 1.807) is 0 Å². The van der Waals surface area contributed by atoms with Gasteiger partial charge in [0.2, 0.25) is 0 Å². The number of methoxy groups -OCH3 is 1. The van der Waals surface area contributed by atoms with E-state index in [4.69, 9.17) is 4.74 Å². The number of rotatable bonds is 7. The van der Waals surface area contributed by atoms with Crippen molar-refractivity contribution in [3.8, 4) is 0 Å². The largest absolute Gasteiger partial charge is 0.469 e. The molecule has 0 aliphatic rings. The molecule has 5 heteroatoms. The first-order chi connectivity index (χ1) is 9.11. The molecule has 0 radical (unpaired) electrons. The van der Waals surface area contributed by atoms with Gasteiger partial charge in [-0.1, -0.05) is 28.1 Å². The summed E-state index contributed by atoms with van der Waals surface area (Å²) < 4.78 is 10.6. The quantitative estimate of drug-likeness (QED) is 0.569. The Hall–Kier alpha value is -1.36. The fraction of sp³-hybridized carbons (Fsp3) is 0.429. The lowest BCUT2D eigenvalue weighted by Crippen LogP contribution is -2.05. The Morgan fingerprint density at radius 1 is 1.16 bits per heavy atom. The highest BCUT2D eigenvalue weighted by atomic mass is 79.9. The van der Waals surface area contributed by atoms with Crippen molar-refractivity contribution in [1.29, 1.82) is 0 Å². The van der Waals surface area contributed by atoms with Gasteiger partial charge in [0.05, 0.1) is 7.11 Å². The Morgan fingerprint density at radius 2 is 1.84 bits per heavy atom. The number of carbonyl (C=O) groups excluding carboxylic acids is 2. The van der Waals surface area contributed by atoms with E-state index >= 15 is 0 Å². The second-order valence-corrected chi connectivity index (χ2v) is 4.99. The smallest absolute Gasteiger partial charge is 0.306 e. The summed E-state index contributed by atoms with van der Waals surface area (Å²) >= 11 is 3.36. The maximum absolute atomic E-state index is 11.5. The molecule has 0 atom stereocenters. The Morgan fingerprint density at radius 3 is 2.47 bits per heavy atom. The van der Waals surface area contributed by atoms with Crippen molar-refractivity contribution < 1.29 is 19.1 Å². The van der Waals surface area contributed by atoms with Crippen LogP contribution in [0.15, 0.2) is 28.7 Å². The normalized spacial score (nSPS) is 10.0. The number of hydrogen-bond acceptors (Lipinski definition) is 4. The summed E-state index contributed by atoms with van der Waals surface area (Å²) in [6.45, 7) is 0.273. The maximum Gasteiger partial charge on any atom is 0.306 e. The van der Waals surface area contributed by atoms with Gasteiger partial charge in [-0.2, -0.15) is 0 Å². The first kappa shape index (κ1) is 15.7. The van der Waals surface area contributed by atoms with Gasteiger partial charge in [-0.3, -0.25) is 9.59 Å². The fourth-order valence-electron chi connectivity index (χ4n) is 1.50. The first-order valence-corrected chi connectivity index (χ1v) is 6.88. The van der Waals surface area contributed by atoms with Gasteiger partial charge in [0.25, 0.3) is 0 Å². The summed E-state index contributed by atoms with van der Waals surface area (Å²) in [5, 5.41) is 0. The number of unbranched alkanes of at least 4 members (excludes halogenated alkanes) is 1. The molecule has 1 rings (SSSR count). The van der Waals surface area contributed by atoms with Crippen molar-refractivity contribution in [3.05, 3.63) is 34.3 Å². The third-order valence-corrected chi connectivity index (χ3v) is 3.02. The summed E-state index contributed by atoms with van der Waals surface area (Å²) in [5.41, 5.74) is 0.942. The molecule has 0 fully saturated rings. The zero-order chi connectivity index (χ0) is 14.1. The third kappa shape index (κ3) is 6.96. The summed E-state index contributed by atoms with van der Waals surface area (Å²) in [6.07, 6.45) is 1.94. The van der Waals surface area contributed by atoms with Crippen molar-refractivity contribution in [3.63, 3.8) is 0 Å². The van der Waals surface area contributed by atoms with Crippen LogP contribution in [0, 0.1) is 0 Å². The molecule has 104 valence electrons. The highest BCUT2D eigenvalue weighted by Gasteiger charge is 2.05. The lowest BCUT2D eigenvalue weighted by Gasteiger charge is -2.05. The van der Waals surface area contributed by atoms with Crippen LogP contribution in [0.2, 0.25) is 0 Å². The second-order valence-electron chi connectivity index (χ2n) is 4.07. The molecule has 0 aromatic heterocycles. The van der Waals surface area contributed by atoms with E-state index in [9.17, 15) is 9.59 Å². The van der Waals surface area contributed by atoms with Crippen LogP contribution < -0.4 is 0 Å². The van der Waals surface area contributed by atoms with Gasteiger partial charge in [-0.05, 0) is 30.5 Å². The van der Waals surface area contributed by atoms with Gasteiger partial charge in [0.15, 0.2) is 0 Å². The minimum absolute atomic E-state index is 0.246. The Balaban J connectivity index is 2.16. The molecule has 0 spiro atoms. The molecule has 0 bridgehead atoms. The number of halogens is 1. The molecule has 0 amide bonds. The topological polar surface area (TPSA) is 52.6 Å². The molecule has 0 N–H and O–H groups in total. The lowest BCUT2D eigenvalue weighted by molar-refractivity contribution is -0.145. The first-order valence-electron chi connectivity index (χ1n) is 6.08. The van der Waals surface area contributed by atoms with Gasteiger partial charge in [0.1, 0.15) is 6.61 Å². The molecule has 0 unspecified atom stereocenters. The number of ether oxygens (including phenoxy) is 2. The molecule has 0 saturated heterocycles. The van der Waals surface area contributed by atoms with Crippen molar-refractivity contribution in [1.82, 2.24) is 0 Å². The second kappa shape index (κ2) is 8.69. The van der Waals surface area contributed by atoms with E-state index in [0.717, 1.165) is 10.0 Å². The average Bonchev–Trinajstić information content (AvgIpc) is 2.41. The van der Waals surface area contributed by atoms with E-state index in [1.807, 2.05) is 24.3 Å². The SMILES string of the molecule is COC(=O)CCCCC(=O)OCc1cccc(Br)c1. The van der Waals surface area contributed by atoms with Gasteiger partial charge >= 0.3 is 11.9 Å². The predicted octanol–water partition coefficient (Wildman–Crippen LogP) is 3.23. The van der Waals surface area contributed by atoms with Gasteiger partial charge in [0, 0.05) is 17.3 Å². The minimum atomic E-state index is -0.248. The van der Waals surface area contributed by atoms with Crippen LogP contribution in [0.25, 0.3) is 0 Å². The molecular formula is C14H17BrO4. The van der Waals surface area contributed by atoms with E-state index in [2.05, 4.69) is 20.7 Å². The van der Waals surface area contributed by atoms with Crippen LogP contribution in [0.4, 0.5) is 0 Å². The van der Waals surface area contributed by atoms with Crippen molar-refractivity contribution in [2.75, 3.05) is 7.11 Å². The highest BCUT2D eigenvalue weighted by molar-refractivity contribution is 9.10. The standard InChI is InChI=1S/C14H17BrO4/c1-18-13(16)7-2-3-8-14(17)19-10-11-5-4-6-12(15)9-11/h4-6,9H,2-3,7-8,10H2,1H3. The van der Waals surface area contributed by atoms with E-state index in [-0.39, 0.29) is 18.5 Å². The minimum Gasteiger partial charge on any atom is -0.469 e. The molecule has 1 aromatic rings. The Labute approximate surface area is 121 Å². The Kier molecular flexibility index (Phi) is 7.18. The van der Waals surface area contributed by atoms with E-state index < -0.39 is 0 Å². The molecule has 19 heavy (non-hydrogen) atoms. The van der Waals surface area contributed by atoms with Crippen LogP contribution in [-0.4, -0.2) is 19.0 Å². The van der Waals surface area contributed by atoms with Gasteiger partial charge in [-0.25, -0.2) is 0 Å². The zero-order valence-corrected chi connectivity index (χ0v) is 12.4. The van der Waals surface area contributed by atoms with Crippen LogP contribution in [0.3, 0.4) is 0 Å². The van der Waals surface area contributed by atoms with E-state index in [0.29, 0.717) is 25.7 Å². The highest BCUT2D eigenvalue weighted by Crippen LogP contribution is 2.13. The van der Waals surface area contributed by atoms with Gasteiger partial charge < -0.3 is 9.47 Å². The Bertz CT molecular complexity index is 431. The van der Waals surface area contributed by atoms with Crippen molar-refractivity contribution in [2.45, 2.75) is 32.3 Å². The maximum atomic E-state index is 11.5. The number of esters is 2. The number of benzene rings is 1. The molecule has 0 aliphatic carbocycles. The van der Waals surface area contributed by atoms with Crippen LogP contribution in [0.5, 0.6) is 0 Å². The summed E-state index contributed by atoms with van der Waals surface area (Å²) in [4.78, 5) is 22.3. The molecule has 0 aliphatic heterocycles. The monoisotopic (exact) mass is 328 g/mol. The number of carbonyl (C=O) groups is 2. The van der Waals surface area contributed by atoms with Gasteiger partial charge in [-0.15, -0.1) is 0 Å². The lowest BCUT2D eigenvalue weighted by atomic mass is 10.2. The summed E-state index contributed by atoms with van der Waals surface area (Å²) in [5.74, 6) is -0.493. The molecule has 0 saturated carbocycles. The predicted molar refractivity (Wildman–Crippen MR) is 74.4 cm³/mol. The molecular weight excluding hydrogens is 312 g/mol.